The molecule has 1 fully saturated rings. The zero-order chi connectivity index (χ0) is 13.5. The number of methoxy groups -OCH3 is 1. The van der Waals surface area contributed by atoms with Crippen LogP contribution in [0, 0.1) is 0 Å². The third-order valence-corrected chi connectivity index (χ3v) is 3.44. The minimum absolute atomic E-state index is 0.0710. The van der Waals surface area contributed by atoms with Gasteiger partial charge in [-0.15, -0.1) is 6.58 Å². The minimum atomic E-state index is -0.787. The Morgan fingerprint density at radius 1 is 1.56 bits per heavy atom. The molecule has 1 amide bonds. The molecule has 0 bridgehead atoms. The number of nitrogens with zero attached hydrogens (tertiary/aromatic N) is 1. The largest absolute Gasteiger partial charge is 0.453 e. The smallest absolute Gasteiger partial charge is 0.409 e. The molecule has 104 valence electrons. The number of piperidine rings is 1. The predicted molar refractivity (Wildman–Crippen MR) is 68.2 cm³/mol. The van der Waals surface area contributed by atoms with Gasteiger partial charge in [-0.3, -0.25) is 0 Å². The standard InChI is InChI=1S/C13H23NO4/c1-3-5-10-6-4-7-11(8-12(16)9-15)14(10)13(17)18-2/h3,10-12,15-16H,1,4-9H2,2H3/t10-,11+,12+/m1/s1. The van der Waals surface area contributed by atoms with Gasteiger partial charge in [-0.1, -0.05) is 6.08 Å². The van der Waals surface area contributed by atoms with Crippen LogP contribution in [0.5, 0.6) is 0 Å². The van der Waals surface area contributed by atoms with Gasteiger partial charge in [-0.05, 0) is 32.1 Å². The second kappa shape index (κ2) is 7.38. The molecule has 1 aliphatic rings. The summed E-state index contributed by atoms with van der Waals surface area (Å²) < 4.78 is 4.82. The third-order valence-electron chi connectivity index (χ3n) is 3.44. The molecular weight excluding hydrogens is 234 g/mol. The Labute approximate surface area is 108 Å². The molecule has 1 saturated heterocycles. The third kappa shape index (κ3) is 3.71. The van der Waals surface area contributed by atoms with Crippen molar-refractivity contribution in [2.24, 2.45) is 0 Å². The number of likely N-dealkylation sites (tertiary alicyclic amines) is 1. The molecule has 0 aromatic carbocycles. The van der Waals surface area contributed by atoms with Crippen LogP contribution in [-0.2, 0) is 4.74 Å². The van der Waals surface area contributed by atoms with Gasteiger partial charge in [0, 0.05) is 12.1 Å². The van der Waals surface area contributed by atoms with Crippen molar-refractivity contribution in [3.63, 3.8) is 0 Å². The summed E-state index contributed by atoms with van der Waals surface area (Å²) in [5, 5.41) is 18.5. The van der Waals surface area contributed by atoms with Crippen LogP contribution in [0.2, 0.25) is 0 Å². The van der Waals surface area contributed by atoms with E-state index in [-0.39, 0.29) is 24.8 Å². The fourth-order valence-electron chi connectivity index (χ4n) is 2.61. The van der Waals surface area contributed by atoms with E-state index in [1.54, 1.807) is 11.0 Å². The van der Waals surface area contributed by atoms with Crippen LogP contribution >= 0.6 is 0 Å². The summed E-state index contributed by atoms with van der Waals surface area (Å²) in [6.07, 6.45) is 4.52. The zero-order valence-electron chi connectivity index (χ0n) is 10.9. The van der Waals surface area contributed by atoms with Gasteiger partial charge >= 0.3 is 6.09 Å². The monoisotopic (exact) mass is 257 g/mol. The van der Waals surface area contributed by atoms with Crippen molar-refractivity contribution >= 4 is 6.09 Å². The van der Waals surface area contributed by atoms with E-state index in [1.165, 1.54) is 7.11 Å². The number of hydrogen-bond acceptors (Lipinski definition) is 4. The maximum atomic E-state index is 11.9. The highest BCUT2D eigenvalue weighted by atomic mass is 16.5. The highest BCUT2D eigenvalue weighted by molar-refractivity contribution is 5.68. The summed E-state index contributed by atoms with van der Waals surface area (Å²) in [5.41, 5.74) is 0. The van der Waals surface area contributed by atoms with Crippen LogP contribution in [0.4, 0.5) is 4.79 Å². The van der Waals surface area contributed by atoms with Gasteiger partial charge in [0.2, 0.25) is 0 Å². The summed E-state index contributed by atoms with van der Waals surface area (Å²) in [7, 11) is 1.36. The van der Waals surface area contributed by atoms with E-state index in [0.29, 0.717) is 6.42 Å². The molecule has 5 nitrogen and oxygen atoms in total. The maximum absolute atomic E-state index is 11.9. The number of carbonyl (C=O) groups is 1. The Bertz CT molecular complexity index is 282. The normalized spacial score (nSPS) is 25.6. The lowest BCUT2D eigenvalue weighted by atomic mass is 9.91. The van der Waals surface area contributed by atoms with Crippen LogP contribution in [0.3, 0.4) is 0 Å². The molecule has 0 spiro atoms. The van der Waals surface area contributed by atoms with Crippen LogP contribution in [0.1, 0.15) is 32.1 Å². The number of aliphatic hydroxyl groups is 2. The average Bonchev–Trinajstić information content (AvgIpc) is 2.38. The van der Waals surface area contributed by atoms with E-state index < -0.39 is 6.10 Å². The van der Waals surface area contributed by atoms with E-state index in [9.17, 15) is 9.90 Å². The first kappa shape index (κ1) is 15.0. The van der Waals surface area contributed by atoms with Crippen LogP contribution in [0.15, 0.2) is 12.7 Å². The van der Waals surface area contributed by atoms with E-state index in [2.05, 4.69) is 6.58 Å². The lowest BCUT2D eigenvalue weighted by Crippen LogP contribution is -2.51. The van der Waals surface area contributed by atoms with E-state index in [0.717, 1.165) is 25.7 Å². The zero-order valence-corrected chi connectivity index (χ0v) is 10.9. The lowest BCUT2D eigenvalue weighted by Gasteiger charge is -2.41. The van der Waals surface area contributed by atoms with Crippen molar-refractivity contribution in [1.82, 2.24) is 4.90 Å². The first-order valence-corrected chi connectivity index (χ1v) is 6.40. The average molecular weight is 257 g/mol. The molecule has 0 saturated carbocycles. The van der Waals surface area contributed by atoms with Gasteiger partial charge in [0.1, 0.15) is 0 Å². The topological polar surface area (TPSA) is 70.0 Å². The minimum Gasteiger partial charge on any atom is -0.453 e. The molecule has 0 aliphatic carbocycles. The van der Waals surface area contributed by atoms with Gasteiger partial charge < -0.3 is 19.8 Å². The van der Waals surface area contributed by atoms with E-state index in [4.69, 9.17) is 9.84 Å². The van der Waals surface area contributed by atoms with Gasteiger partial charge in [-0.25, -0.2) is 4.79 Å². The van der Waals surface area contributed by atoms with Crippen molar-refractivity contribution in [3.8, 4) is 0 Å². The number of carbonyl (C=O) groups excluding carboxylic acids is 1. The number of hydrogen-bond donors (Lipinski definition) is 2. The molecule has 0 unspecified atom stereocenters. The number of rotatable bonds is 5. The molecule has 0 aromatic heterocycles. The Morgan fingerprint density at radius 3 is 2.78 bits per heavy atom. The van der Waals surface area contributed by atoms with Gasteiger partial charge in [-0.2, -0.15) is 0 Å². The van der Waals surface area contributed by atoms with Gasteiger partial charge in [0.15, 0.2) is 0 Å². The quantitative estimate of drug-likeness (QED) is 0.728. The lowest BCUT2D eigenvalue weighted by molar-refractivity contribution is 0.0204. The maximum Gasteiger partial charge on any atom is 0.409 e. The van der Waals surface area contributed by atoms with Crippen molar-refractivity contribution in [2.45, 2.75) is 50.3 Å². The Balaban J connectivity index is 2.77. The molecule has 0 radical (unpaired) electrons. The predicted octanol–water partition coefficient (Wildman–Crippen LogP) is 1.30. The molecular formula is C13H23NO4. The summed E-state index contributed by atoms with van der Waals surface area (Å²) >= 11 is 0. The first-order valence-electron chi connectivity index (χ1n) is 6.40. The van der Waals surface area contributed by atoms with Crippen molar-refractivity contribution in [3.05, 3.63) is 12.7 Å². The molecule has 5 heteroatoms. The second-order valence-electron chi connectivity index (χ2n) is 4.71. The van der Waals surface area contributed by atoms with Crippen LogP contribution < -0.4 is 0 Å². The summed E-state index contributed by atoms with van der Waals surface area (Å²) in [6.45, 7) is 3.43. The molecule has 2 N–H and O–H groups in total. The molecule has 1 rings (SSSR count). The van der Waals surface area contributed by atoms with Gasteiger partial charge in [0.05, 0.1) is 19.8 Å². The van der Waals surface area contributed by atoms with Crippen molar-refractivity contribution in [2.75, 3.05) is 13.7 Å². The molecule has 3 atom stereocenters. The summed E-state index contributed by atoms with van der Waals surface area (Å²) in [5.74, 6) is 0. The van der Waals surface area contributed by atoms with Crippen LogP contribution in [0.25, 0.3) is 0 Å². The molecule has 1 heterocycles. The molecule has 1 aliphatic heterocycles. The summed E-state index contributed by atoms with van der Waals surface area (Å²) in [4.78, 5) is 13.6. The van der Waals surface area contributed by atoms with Gasteiger partial charge in [0.25, 0.3) is 0 Å². The molecule has 0 aromatic rings. The second-order valence-corrected chi connectivity index (χ2v) is 4.71. The van der Waals surface area contributed by atoms with Crippen molar-refractivity contribution in [1.29, 1.82) is 0 Å². The first-order chi connectivity index (χ1) is 8.63. The van der Waals surface area contributed by atoms with E-state index in [1.807, 2.05) is 0 Å². The Morgan fingerprint density at radius 2 is 2.22 bits per heavy atom. The van der Waals surface area contributed by atoms with Crippen LogP contribution in [-0.4, -0.2) is 53.1 Å². The van der Waals surface area contributed by atoms with E-state index >= 15 is 0 Å². The number of amides is 1. The Hall–Kier alpha value is -1.07. The highest BCUT2D eigenvalue weighted by Crippen LogP contribution is 2.28. The highest BCUT2D eigenvalue weighted by Gasteiger charge is 2.35. The number of ether oxygens (including phenoxy) is 1. The van der Waals surface area contributed by atoms with Crippen molar-refractivity contribution < 1.29 is 19.7 Å². The fraction of sp³-hybridized carbons (Fsp3) is 0.769. The summed E-state index contributed by atoms with van der Waals surface area (Å²) in [6, 6.07) is 0.0119. The fourth-order valence-corrected chi connectivity index (χ4v) is 2.61. The number of aliphatic hydroxyl groups excluding tert-OH is 2. The molecule has 18 heavy (non-hydrogen) atoms. The Kier molecular flexibility index (Phi) is 6.15. The SMILES string of the molecule is C=CC[C@@H]1CCC[C@@H](C[C@H](O)CO)N1C(=O)OC.